The van der Waals surface area contributed by atoms with Crippen molar-refractivity contribution in [1.82, 2.24) is 4.90 Å². The van der Waals surface area contributed by atoms with Gasteiger partial charge in [0.1, 0.15) is 0 Å². The maximum absolute atomic E-state index is 3.68. The minimum atomic E-state index is 0.220. The van der Waals surface area contributed by atoms with Crippen LogP contribution in [-0.2, 0) is 5.41 Å². The molecule has 1 saturated heterocycles. The van der Waals surface area contributed by atoms with E-state index in [0.29, 0.717) is 6.17 Å². The number of rotatable bonds is 4. The molecule has 0 spiro atoms. The molecule has 1 aromatic carbocycles. The number of hydrogen-bond acceptors (Lipinski definition) is 2. The topological polar surface area (TPSA) is 6.48 Å². The number of likely N-dealkylation sites (tertiary alicyclic amines) is 1. The molecule has 2 heterocycles. The van der Waals surface area contributed by atoms with E-state index in [-0.39, 0.29) is 5.41 Å². The lowest BCUT2D eigenvalue weighted by Crippen LogP contribution is -2.48. The monoisotopic (exact) mass is 388 g/mol. The molecule has 3 rings (SSSR count). The van der Waals surface area contributed by atoms with Crippen LogP contribution in [-0.4, -0.2) is 31.2 Å². The third-order valence-corrected chi connectivity index (χ3v) is 5.99. The van der Waals surface area contributed by atoms with Crippen LogP contribution in [0.3, 0.4) is 0 Å². The van der Waals surface area contributed by atoms with E-state index < -0.39 is 0 Å². The number of halogens is 1. The molecule has 0 aromatic heterocycles. The van der Waals surface area contributed by atoms with Crippen LogP contribution in [0.1, 0.15) is 46.1 Å². The van der Waals surface area contributed by atoms with E-state index in [0.717, 1.165) is 13.0 Å². The molecule has 0 aliphatic carbocycles. The number of likely N-dealkylation sites (N-methyl/N-ethyl adjacent to an activating group) is 1. The first-order valence-corrected chi connectivity index (χ1v) is 9.68. The Labute approximate surface area is 155 Å². The van der Waals surface area contributed by atoms with Gasteiger partial charge in [-0.1, -0.05) is 45.3 Å². The summed E-state index contributed by atoms with van der Waals surface area (Å²) in [5.41, 5.74) is 5.95. The molecule has 3 heteroatoms. The number of hydrogen-bond donors (Lipinski definition) is 0. The minimum Gasteiger partial charge on any atom is -0.351 e. The van der Waals surface area contributed by atoms with Gasteiger partial charge in [-0.3, -0.25) is 4.90 Å². The summed E-state index contributed by atoms with van der Waals surface area (Å²) in [6, 6.07) is 6.88. The van der Waals surface area contributed by atoms with Gasteiger partial charge in [0.15, 0.2) is 0 Å². The third kappa shape index (κ3) is 2.97. The zero-order valence-electron chi connectivity index (χ0n) is 15.6. The summed E-state index contributed by atoms with van der Waals surface area (Å²) in [7, 11) is 2.28. The summed E-state index contributed by atoms with van der Waals surface area (Å²) in [5.74, 6) is 0. The van der Waals surface area contributed by atoms with E-state index in [4.69, 9.17) is 0 Å². The van der Waals surface area contributed by atoms with Crippen LogP contribution in [0.5, 0.6) is 0 Å². The lowest BCUT2D eigenvalue weighted by atomic mass is 9.76. The molecule has 1 fully saturated rings. The minimum absolute atomic E-state index is 0.220. The number of nitrogens with zero attached hydrogens (tertiary/aromatic N) is 2. The summed E-state index contributed by atoms with van der Waals surface area (Å²) in [4.78, 5) is 5.16. The van der Waals surface area contributed by atoms with Gasteiger partial charge in [-0.15, -0.1) is 0 Å². The number of allylic oxidation sites excluding steroid dienone is 3. The maximum Gasteiger partial charge on any atom is 0.0923 e. The van der Waals surface area contributed by atoms with Crippen molar-refractivity contribution in [3.63, 3.8) is 0 Å². The van der Waals surface area contributed by atoms with Crippen molar-refractivity contribution in [3.8, 4) is 0 Å². The predicted octanol–water partition coefficient (Wildman–Crippen LogP) is 5.49. The van der Waals surface area contributed by atoms with Crippen molar-refractivity contribution in [2.75, 3.05) is 25.0 Å². The van der Waals surface area contributed by atoms with Crippen LogP contribution < -0.4 is 4.90 Å². The van der Waals surface area contributed by atoms with Crippen molar-refractivity contribution in [1.29, 1.82) is 0 Å². The summed E-state index contributed by atoms with van der Waals surface area (Å²) >= 11 is 3.68. The Kier molecular flexibility index (Phi) is 4.94. The summed E-state index contributed by atoms with van der Waals surface area (Å²) in [6.45, 7) is 10.9. The second-order valence-corrected chi connectivity index (χ2v) is 8.76. The van der Waals surface area contributed by atoms with Gasteiger partial charge < -0.3 is 4.90 Å². The highest BCUT2D eigenvalue weighted by Gasteiger charge is 2.55. The molecule has 24 heavy (non-hydrogen) atoms. The second kappa shape index (κ2) is 6.68. The molecule has 2 aliphatic heterocycles. The second-order valence-electron chi connectivity index (χ2n) is 7.84. The molecule has 2 atom stereocenters. The molecule has 130 valence electrons. The van der Waals surface area contributed by atoms with Gasteiger partial charge in [-0.05, 0) is 65.3 Å². The molecular weight excluding hydrogens is 360 g/mol. The standard InChI is InChI=1S/C21H29BrN2/c1-15(2)8-10-21-11-13-23(5)20(21)24(12-9-16(3)4)19-14-17(22)6-7-18(19)21/h6-9,14,20H,10-13H2,1-5H3/t20-,21+/m0/s1. The Morgan fingerprint density at radius 2 is 1.92 bits per heavy atom. The maximum atomic E-state index is 3.68. The molecule has 0 amide bonds. The smallest absolute Gasteiger partial charge is 0.0923 e. The first kappa shape index (κ1) is 17.8. The van der Waals surface area contributed by atoms with Crippen molar-refractivity contribution < 1.29 is 0 Å². The molecular formula is C21H29BrN2. The third-order valence-electron chi connectivity index (χ3n) is 5.49. The van der Waals surface area contributed by atoms with E-state index in [1.54, 1.807) is 0 Å². The summed E-state index contributed by atoms with van der Waals surface area (Å²) in [6.07, 6.45) is 7.60. The number of fused-ring (bicyclic) bond motifs is 3. The van der Waals surface area contributed by atoms with Crippen molar-refractivity contribution in [2.24, 2.45) is 0 Å². The van der Waals surface area contributed by atoms with Crippen LogP contribution in [0.2, 0.25) is 0 Å². The van der Waals surface area contributed by atoms with E-state index in [9.17, 15) is 0 Å². The highest BCUT2D eigenvalue weighted by molar-refractivity contribution is 9.10. The van der Waals surface area contributed by atoms with E-state index in [1.165, 1.54) is 39.8 Å². The Balaban J connectivity index is 2.11. The van der Waals surface area contributed by atoms with Gasteiger partial charge in [0.25, 0.3) is 0 Å². The van der Waals surface area contributed by atoms with Crippen LogP contribution in [0, 0.1) is 0 Å². The average molecular weight is 389 g/mol. The Morgan fingerprint density at radius 1 is 1.21 bits per heavy atom. The van der Waals surface area contributed by atoms with Gasteiger partial charge in [0.05, 0.1) is 6.17 Å². The molecule has 0 unspecified atom stereocenters. The zero-order valence-corrected chi connectivity index (χ0v) is 17.2. The SMILES string of the molecule is CC(C)=CCN1c2cc(Br)ccc2[C@@]2(CC=C(C)C)CCN(C)[C@@H]12. The quantitative estimate of drug-likeness (QED) is 0.628. The van der Waals surface area contributed by atoms with E-state index in [1.807, 2.05) is 0 Å². The molecule has 0 N–H and O–H groups in total. The molecule has 2 nitrogen and oxygen atoms in total. The van der Waals surface area contributed by atoms with Crippen LogP contribution >= 0.6 is 15.9 Å². The van der Waals surface area contributed by atoms with E-state index in [2.05, 4.69) is 90.8 Å². The number of anilines is 1. The zero-order chi connectivity index (χ0) is 17.5. The van der Waals surface area contributed by atoms with Crippen LogP contribution in [0.15, 0.2) is 46.0 Å². The van der Waals surface area contributed by atoms with Crippen molar-refractivity contribution in [2.45, 2.75) is 52.1 Å². The van der Waals surface area contributed by atoms with Gasteiger partial charge in [0.2, 0.25) is 0 Å². The van der Waals surface area contributed by atoms with Crippen molar-refractivity contribution in [3.05, 3.63) is 51.5 Å². The normalized spacial score (nSPS) is 25.4. The molecule has 1 aromatic rings. The largest absolute Gasteiger partial charge is 0.351 e. The first-order chi connectivity index (χ1) is 11.3. The number of benzene rings is 1. The Bertz CT molecular complexity index is 683. The van der Waals surface area contributed by atoms with Gasteiger partial charge in [-0.2, -0.15) is 0 Å². The van der Waals surface area contributed by atoms with Crippen molar-refractivity contribution >= 4 is 21.6 Å². The summed E-state index contributed by atoms with van der Waals surface area (Å²) < 4.78 is 1.17. The molecule has 0 bridgehead atoms. The molecule has 0 radical (unpaired) electrons. The summed E-state index contributed by atoms with van der Waals surface area (Å²) in [5, 5.41) is 0. The van der Waals surface area contributed by atoms with Gasteiger partial charge in [0, 0.05) is 28.7 Å². The lowest BCUT2D eigenvalue weighted by molar-refractivity contribution is 0.254. The van der Waals surface area contributed by atoms with Crippen LogP contribution in [0.4, 0.5) is 5.69 Å². The van der Waals surface area contributed by atoms with Gasteiger partial charge in [-0.25, -0.2) is 0 Å². The predicted molar refractivity (Wildman–Crippen MR) is 108 cm³/mol. The van der Waals surface area contributed by atoms with Crippen LogP contribution in [0.25, 0.3) is 0 Å². The fourth-order valence-electron chi connectivity index (χ4n) is 4.34. The van der Waals surface area contributed by atoms with Gasteiger partial charge >= 0.3 is 0 Å². The van der Waals surface area contributed by atoms with E-state index >= 15 is 0 Å². The fraction of sp³-hybridized carbons (Fsp3) is 0.524. The lowest BCUT2D eigenvalue weighted by Gasteiger charge is -2.36. The Hall–Kier alpha value is -1.06. The molecule has 0 saturated carbocycles. The fourth-order valence-corrected chi connectivity index (χ4v) is 4.69. The Morgan fingerprint density at radius 3 is 2.58 bits per heavy atom. The first-order valence-electron chi connectivity index (χ1n) is 8.89. The average Bonchev–Trinajstić information content (AvgIpc) is 2.97. The highest BCUT2D eigenvalue weighted by atomic mass is 79.9. The highest BCUT2D eigenvalue weighted by Crippen LogP contribution is 2.54. The molecule has 2 aliphatic rings.